The van der Waals surface area contributed by atoms with Crippen molar-refractivity contribution >= 4 is 8.32 Å². The number of rotatable bonds is 2. The minimum atomic E-state index is -1.77. The summed E-state index contributed by atoms with van der Waals surface area (Å²) in [5, 5.41) is 22.3. The summed E-state index contributed by atoms with van der Waals surface area (Å²) in [7, 11) is -1.77. The zero-order valence-electron chi connectivity index (χ0n) is 20.0. The Hall–Kier alpha value is 0.0969. The van der Waals surface area contributed by atoms with Gasteiger partial charge in [0.1, 0.15) is 0 Å². The van der Waals surface area contributed by atoms with Crippen molar-refractivity contribution in [3.63, 3.8) is 0 Å². The molecule has 4 rings (SSSR count). The Morgan fingerprint density at radius 1 is 0.828 bits per heavy atom. The zero-order chi connectivity index (χ0) is 21.4. The molecule has 0 saturated heterocycles. The van der Waals surface area contributed by atoms with Crippen molar-refractivity contribution in [3.8, 4) is 0 Å². The van der Waals surface area contributed by atoms with Crippen molar-refractivity contribution in [3.05, 3.63) is 0 Å². The number of aliphatic hydroxyl groups is 2. The average molecular weight is 423 g/mol. The average Bonchev–Trinajstić information content (AvgIpc) is 2.90. The molecular formula is C25H46O3Si. The summed E-state index contributed by atoms with van der Waals surface area (Å²) in [5.41, 5.74) is 0.331. The Bertz CT molecular complexity index is 628. The van der Waals surface area contributed by atoms with Crippen LogP contribution in [0.1, 0.15) is 86.0 Å². The van der Waals surface area contributed by atoms with Gasteiger partial charge in [-0.3, -0.25) is 0 Å². The number of hydrogen-bond donors (Lipinski definition) is 2. The van der Waals surface area contributed by atoms with E-state index in [4.69, 9.17) is 4.43 Å². The van der Waals surface area contributed by atoms with E-state index < -0.39 is 8.32 Å². The second-order valence-corrected chi connectivity index (χ2v) is 18.0. The van der Waals surface area contributed by atoms with Crippen LogP contribution in [-0.2, 0) is 4.43 Å². The van der Waals surface area contributed by atoms with Crippen molar-refractivity contribution in [2.45, 2.75) is 122 Å². The van der Waals surface area contributed by atoms with E-state index in [9.17, 15) is 10.2 Å². The molecule has 0 aromatic rings. The lowest BCUT2D eigenvalue weighted by Crippen LogP contribution is -2.59. The smallest absolute Gasteiger partial charge is 0.192 e. The normalized spacial score (nSPS) is 50.6. The van der Waals surface area contributed by atoms with E-state index in [1.807, 2.05) is 0 Å². The van der Waals surface area contributed by atoms with Gasteiger partial charge in [0.2, 0.25) is 0 Å². The summed E-state index contributed by atoms with van der Waals surface area (Å²) >= 11 is 0. The highest BCUT2D eigenvalue weighted by Crippen LogP contribution is 2.66. The molecule has 4 saturated carbocycles. The molecular weight excluding hydrogens is 376 g/mol. The van der Waals surface area contributed by atoms with Gasteiger partial charge in [-0.05, 0) is 104 Å². The zero-order valence-corrected chi connectivity index (χ0v) is 21.0. The highest BCUT2D eigenvalue weighted by atomic mass is 28.4. The minimum absolute atomic E-state index is 0.0900. The topological polar surface area (TPSA) is 49.7 Å². The molecule has 4 aliphatic carbocycles. The van der Waals surface area contributed by atoms with Crippen molar-refractivity contribution < 1.29 is 14.6 Å². The highest BCUT2D eigenvalue weighted by Gasteiger charge is 2.62. The van der Waals surface area contributed by atoms with E-state index in [0.29, 0.717) is 29.8 Å². The summed E-state index contributed by atoms with van der Waals surface area (Å²) < 4.78 is 6.82. The minimum Gasteiger partial charge on any atom is -0.414 e. The van der Waals surface area contributed by atoms with Crippen LogP contribution in [0.15, 0.2) is 0 Å². The molecule has 0 spiro atoms. The first-order valence-electron chi connectivity index (χ1n) is 12.3. The van der Waals surface area contributed by atoms with Gasteiger partial charge in [-0.2, -0.15) is 0 Å². The van der Waals surface area contributed by atoms with Crippen LogP contribution < -0.4 is 0 Å². The summed E-state index contributed by atoms with van der Waals surface area (Å²) in [5.74, 6) is 2.29. The third kappa shape index (κ3) is 3.39. The van der Waals surface area contributed by atoms with E-state index in [-0.39, 0.29) is 28.1 Å². The Balaban J connectivity index is 1.53. The Morgan fingerprint density at radius 3 is 2.10 bits per heavy atom. The molecule has 4 heteroatoms. The molecule has 0 aliphatic heterocycles. The first-order valence-corrected chi connectivity index (χ1v) is 15.2. The first kappa shape index (κ1) is 22.3. The number of hydrogen-bond acceptors (Lipinski definition) is 3. The number of fused-ring (bicyclic) bond motifs is 5. The lowest BCUT2D eigenvalue weighted by atomic mass is 9.44. The molecule has 0 aromatic heterocycles. The van der Waals surface area contributed by atoms with Crippen LogP contribution in [0.4, 0.5) is 0 Å². The summed E-state index contributed by atoms with van der Waals surface area (Å²) in [6.45, 7) is 16.5. The predicted molar refractivity (Wildman–Crippen MR) is 121 cm³/mol. The molecule has 0 unspecified atom stereocenters. The van der Waals surface area contributed by atoms with Crippen LogP contribution in [-0.4, -0.2) is 36.8 Å². The quantitative estimate of drug-likeness (QED) is 0.557. The van der Waals surface area contributed by atoms with E-state index >= 15 is 0 Å². The summed E-state index contributed by atoms with van der Waals surface area (Å²) in [6.07, 6.45) is 8.85. The largest absolute Gasteiger partial charge is 0.414 e. The molecule has 0 bridgehead atoms. The standard InChI is InChI=1S/C25H46O3Si/c1-23(2,3)29(6,7)28-16-10-12-24(4)19-11-13-25(5)18(8-9-22(25)27)17(19)15-21(26)20(24)14-16/h16-22,26-27H,8-15H2,1-7H3/t16-,17-,18-,19-,20+,21-,22-,24+,25-/m0/s1. The molecule has 0 heterocycles. The fourth-order valence-corrected chi connectivity index (χ4v) is 9.34. The molecule has 4 aliphatic rings. The molecule has 0 aromatic carbocycles. The van der Waals surface area contributed by atoms with Crippen molar-refractivity contribution in [1.29, 1.82) is 0 Å². The van der Waals surface area contributed by atoms with Gasteiger partial charge >= 0.3 is 0 Å². The maximum absolute atomic E-state index is 11.3. The van der Waals surface area contributed by atoms with E-state index in [1.165, 1.54) is 19.3 Å². The van der Waals surface area contributed by atoms with Gasteiger partial charge in [0, 0.05) is 6.10 Å². The van der Waals surface area contributed by atoms with Crippen LogP contribution in [0.3, 0.4) is 0 Å². The maximum atomic E-state index is 11.3. The van der Waals surface area contributed by atoms with Crippen molar-refractivity contribution in [1.82, 2.24) is 0 Å². The molecule has 0 radical (unpaired) electrons. The fourth-order valence-electron chi connectivity index (χ4n) is 7.94. The molecule has 3 nitrogen and oxygen atoms in total. The predicted octanol–water partition coefficient (Wildman–Crippen LogP) is 5.75. The van der Waals surface area contributed by atoms with Crippen LogP contribution >= 0.6 is 0 Å². The van der Waals surface area contributed by atoms with Crippen LogP contribution in [0.5, 0.6) is 0 Å². The van der Waals surface area contributed by atoms with Crippen LogP contribution in [0.2, 0.25) is 18.1 Å². The van der Waals surface area contributed by atoms with Gasteiger partial charge in [-0.15, -0.1) is 0 Å². The van der Waals surface area contributed by atoms with Crippen molar-refractivity contribution in [2.24, 2.45) is 34.5 Å². The van der Waals surface area contributed by atoms with Gasteiger partial charge in [-0.25, -0.2) is 0 Å². The lowest BCUT2D eigenvalue weighted by molar-refractivity contribution is -0.173. The monoisotopic (exact) mass is 422 g/mol. The van der Waals surface area contributed by atoms with Crippen molar-refractivity contribution in [2.75, 3.05) is 0 Å². The second-order valence-electron chi connectivity index (χ2n) is 13.2. The van der Waals surface area contributed by atoms with E-state index in [2.05, 4.69) is 47.7 Å². The van der Waals surface area contributed by atoms with Gasteiger partial charge in [0.15, 0.2) is 8.32 Å². The molecule has 29 heavy (non-hydrogen) atoms. The Labute approximate surface area is 180 Å². The van der Waals surface area contributed by atoms with Crippen LogP contribution in [0.25, 0.3) is 0 Å². The molecule has 2 N–H and O–H groups in total. The van der Waals surface area contributed by atoms with Crippen LogP contribution in [0, 0.1) is 34.5 Å². The SMILES string of the molecule is CC(C)(C)[Si](C)(C)O[C@H]1CC[C@@]2(C)[C@H](C1)[C@@H](O)C[C@@H]1[C@@H]2CC[C@]2(C)[C@@H](O)CC[C@@H]12. The molecule has 9 atom stereocenters. The lowest BCUT2D eigenvalue weighted by Gasteiger charge is -2.62. The van der Waals surface area contributed by atoms with E-state index in [0.717, 1.165) is 32.1 Å². The maximum Gasteiger partial charge on any atom is 0.192 e. The molecule has 168 valence electrons. The molecule has 4 fully saturated rings. The fraction of sp³-hybridized carbons (Fsp3) is 1.00. The second kappa shape index (κ2) is 7.05. The third-order valence-corrected chi connectivity index (χ3v) is 15.4. The Morgan fingerprint density at radius 2 is 1.45 bits per heavy atom. The summed E-state index contributed by atoms with van der Waals surface area (Å²) in [6, 6.07) is 0. The molecule has 0 amide bonds. The van der Waals surface area contributed by atoms with Gasteiger partial charge < -0.3 is 14.6 Å². The Kier molecular flexibility index (Phi) is 5.42. The third-order valence-electron chi connectivity index (χ3n) is 10.8. The van der Waals surface area contributed by atoms with Gasteiger partial charge in [0.25, 0.3) is 0 Å². The number of aliphatic hydroxyl groups excluding tert-OH is 2. The first-order chi connectivity index (χ1) is 13.3. The van der Waals surface area contributed by atoms with Gasteiger partial charge in [0.05, 0.1) is 12.2 Å². The summed E-state index contributed by atoms with van der Waals surface area (Å²) in [4.78, 5) is 0. The van der Waals surface area contributed by atoms with E-state index in [1.54, 1.807) is 0 Å². The van der Waals surface area contributed by atoms with Gasteiger partial charge in [-0.1, -0.05) is 34.6 Å². The highest BCUT2D eigenvalue weighted by molar-refractivity contribution is 6.74.